The zero-order valence-electron chi connectivity index (χ0n) is 12.8. The number of ketones is 1. The fraction of sp³-hybridized carbons (Fsp3) is 0.500. The Morgan fingerprint density at radius 3 is 2.35 bits per heavy atom. The van der Waals surface area contributed by atoms with Crippen molar-refractivity contribution in [2.75, 3.05) is 33.7 Å². The van der Waals surface area contributed by atoms with Gasteiger partial charge in [-0.25, -0.2) is 0 Å². The Morgan fingerprint density at radius 2 is 1.90 bits per heavy atom. The number of benzene rings is 1. The van der Waals surface area contributed by atoms with E-state index in [1.807, 2.05) is 14.1 Å². The molecule has 1 unspecified atom stereocenters. The molecular formula is C16H23N3O. The number of carbonyl (C=O) groups excluding carboxylic acids is 1. The molecule has 0 radical (unpaired) electrons. The monoisotopic (exact) mass is 273 g/mol. The summed E-state index contributed by atoms with van der Waals surface area (Å²) in [4.78, 5) is 16.6. The van der Waals surface area contributed by atoms with Crippen LogP contribution in [0.2, 0.25) is 0 Å². The lowest BCUT2D eigenvalue weighted by Gasteiger charge is -2.29. The number of carbonyl (C=O) groups is 1. The number of rotatable bonds is 7. The molecule has 0 aliphatic carbocycles. The molecule has 0 aromatic heterocycles. The van der Waals surface area contributed by atoms with Gasteiger partial charge in [-0.05, 0) is 39.7 Å². The molecule has 1 aromatic rings. The molecule has 1 rings (SSSR count). The van der Waals surface area contributed by atoms with Crippen molar-refractivity contribution >= 4 is 5.78 Å². The molecule has 0 fully saturated rings. The van der Waals surface area contributed by atoms with Gasteiger partial charge in [0, 0.05) is 18.2 Å². The first-order valence-electron chi connectivity index (χ1n) is 6.90. The molecule has 0 N–H and O–H groups in total. The van der Waals surface area contributed by atoms with E-state index >= 15 is 0 Å². The molecule has 0 amide bonds. The van der Waals surface area contributed by atoms with E-state index in [1.165, 1.54) is 0 Å². The summed E-state index contributed by atoms with van der Waals surface area (Å²) in [5.41, 5.74) is 1.24. The predicted molar refractivity (Wildman–Crippen MR) is 80.8 cm³/mol. The van der Waals surface area contributed by atoms with Crippen molar-refractivity contribution < 1.29 is 4.79 Å². The highest BCUT2D eigenvalue weighted by molar-refractivity contribution is 5.97. The Bertz CT molecular complexity index is 473. The van der Waals surface area contributed by atoms with Gasteiger partial charge in [-0.15, -0.1) is 0 Å². The molecule has 20 heavy (non-hydrogen) atoms. The van der Waals surface area contributed by atoms with Crippen molar-refractivity contribution in [3.63, 3.8) is 0 Å². The van der Waals surface area contributed by atoms with Crippen LogP contribution in [-0.2, 0) is 0 Å². The van der Waals surface area contributed by atoms with E-state index in [-0.39, 0.29) is 5.78 Å². The fourth-order valence-electron chi connectivity index (χ4n) is 2.23. The zero-order chi connectivity index (χ0) is 15.1. The first kappa shape index (κ1) is 16.4. The maximum absolute atomic E-state index is 12.3. The Morgan fingerprint density at radius 1 is 1.30 bits per heavy atom. The van der Waals surface area contributed by atoms with Crippen LogP contribution in [-0.4, -0.2) is 55.4 Å². The van der Waals surface area contributed by atoms with E-state index in [0.29, 0.717) is 23.7 Å². The molecule has 0 aliphatic rings. The predicted octanol–water partition coefficient (Wildman–Crippen LogP) is 2.01. The lowest BCUT2D eigenvalue weighted by atomic mass is 10.1. The van der Waals surface area contributed by atoms with Gasteiger partial charge in [-0.1, -0.05) is 19.1 Å². The molecule has 0 saturated heterocycles. The van der Waals surface area contributed by atoms with Crippen molar-refractivity contribution in [1.29, 1.82) is 5.26 Å². The standard InChI is InChI=1S/C16H23N3O/c1-5-19(13(2)11-18(3)4)12-16(20)15-8-6-14(10-17)7-9-15/h6-9,13H,5,11-12H2,1-4H3. The summed E-state index contributed by atoms with van der Waals surface area (Å²) in [7, 11) is 4.07. The van der Waals surface area contributed by atoms with Crippen LogP contribution in [0, 0.1) is 11.3 Å². The highest BCUT2D eigenvalue weighted by Gasteiger charge is 2.17. The Balaban J connectivity index is 2.69. The molecule has 4 nitrogen and oxygen atoms in total. The quantitative estimate of drug-likeness (QED) is 0.713. The molecule has 0 heterocycles. The van der Waals surface area contributed by atoms with Crippen LogP contribution in [0.4, 0.5) is 0 Å². The fourth-order valence-corrected chi connectivity index (χ4v) is 2.23. The average Bonchev–Trinajstić information content (AvgIpc) is 2.43. The van der Waals surface area contributed by atoms with E-state index < -0.39 is 0 Å². The minimum atomic E-state index is 0.0990. The van der Waals surface area contributed by atoms with Gasteiger partial charge >= 0.3 is 0 Å². The smallest absolute Gasteiger partial charge is 0.176 e. The van der Waals surface area contributed by atoms with Gasteiger partial charge in [0.2, 0.25) is 0 Å². The summed E-state index contributed by atoms with van der Waals surface area (Å²) in [6, 6.07) is 9.22. The van der Waals surface area contributed by atoms with Crippen molar-refractivity contribution in [3.8, 4) is 6.07 Å². The van der Waals surface area contributed by atoms with Gasteiger partial charge in [0.25, 0.3) is 0 Å². The van der Waals surface area contributed by atoms with Crippen molar-refractivity contribution in [1.82, 2.24) is 9.80 Å². The first-order valence-corrected chi connectivity index (χ1v) is 6.90. The maximum Gasteiger partial charge on any atom is 0.176 e. The maximum atomic E-state index is 12.3. The zero-order valence-corrected chi connectivity index (χ0v) is 12.8. The van der Waals surface area contributed by atoms with Crippen LogP contribution >= 0.6 is 0 Å². The number of nitrogens with zero attached hydrogens (tertiary/aromatic N) is 3. The van der Waals surface area contributed by atoms with Gasteiger partial charge in [0.1, 0.15) is 0 Å². The molecule has 1 aromatic carbocycles. The Labute approximate surface area is 121 Å². The molecular weight excluding hydrogens is 250 g/mol. The lowest BCUT2D eigenvalue weighted by Crippen LogP contribution is -2.42. The molecule has 0 bridgehead atoms. The molecule has 0 aliphatic heterocycles. The second kappa shape index (κ2) is 7.78. The third-order valence-electron chi connectivity index (χ3n) is 3.34. The topological polar surface area (TPSA) is 47.3 Å². The van der Waals surface area contributed by atoms with Gasteiger partial charge < -0.3 is 4.90 Å². The lowest BCUT2D eigenvalue weighted by molar-refractivity contribution is 0.0888. The number of hydrogen-bond acceptors (Lipinski definition) is 4. The van der Waals surface area contributed by atoms with Crippen LogP contribution < -0.4 is 0 Å². The highest BCUT2D eigenvalue weighted by atomic mass is 16.1. The van der Waals surface area contributed by atoms with E-state index in [2.05, 4.69) is 29.7 Å². The van der Waals surface area contributed by atoms with Crippen LogP contribution in [0.15, 0.2) is 24.3 Å². The van der Waals surface area contributed by atoms with Gasteiger partial charge in [-0.2, -0.15) is 5.26 Å². The van der Waals surface area contributed by atoms with E-state index in [4.69, 9.17) is 5.26 Å². The van der Waals surface area contributed by atoms with Crippen LogP contribution in [0.5, 0.6) is 0 Å². The molecule has 108 valence electrons. The van der Waals surface area contributed by atoms with Crippen molar-refractivity contribution in [2.45, 2.75) is 19.9 Å². The number of Topliss-reactive ketones (excluding diaryl/α,β-unsaturated/α-hetero) is 1. The summed E-state index contributed by atoms with van der Waals surface area (Å²) in [6.07, 6.45) is 0. The minimum Gasteiger partial charge on any atom is -0.308 e. The normalized spacial score (nSPS) is 12.4. The number of likely N-dealkylation sites (N-methyl/N-ethyl adjacent to an activating group) is 2. The summed E-state index contributed by atoms with van der Waals surface area (Å²) in [5, 5.41) is 8.76. The molecule has 1 atom stereocenters. The first-order chi connectivity index (χ1) is 9.47. The SMILES string of the molecule is CCN(CC(=O)c1ccc(C#N)cc1)C(C)CN(C)C. The summed E-state index contributed by atoms with van der Waals surface area (Å²) < 4.78 is 0. The van der Waals surface area contributed by atoms with Crippen LogP contribution in [0.1, 0.15) is 29.8 Å². The van der Waals surface area contributed by atoms with Gasteiger partial charge in [0.05, 0.1) is 18.2 Å². The Kier molecular flexibility index (Phi) is 6.37. The minimum absolute atomic E-state index is 0.0990. The van der Waals surface area contributed by atoms with E-state index in [9.17, 15) is 4.79 Å². The number of hydrogen-bond donors (Lipinski definition) is 0. The van der Waals surface area contributed by atoms with Crippen molar-refractivity contribution in [2.24, 2.45) is 0 Å². The summed E-state index contributed by atoms with van der Waals surface area (Å²) in [6.45, 7) is 6.39. The van der Waals surface area contributed by atoms with Crippen LogP contribution in [0.3, 0.4) is 0 Å². The van der Waals surface area contributed by atoms with Crippen LogP contribution in [0.25, 0.3) is 0 Å². The van der Waals surface area contributed by atoms with E-state index in [0.717, 1.165) is 13.1 Å². The van der Waals surface area contributed by atoms with E-state index in [1.54, 1.807) is 24.3 Å². The Hall–Kier alpha value is -1.70. The molecule has 0 spiro atoms. The average molecular weight is 273 g/mol. The largest absolute Gasteiger partial charge is 0.308 e. The second-order valence-corrected chi connectivity index (χ2v) is 5.29. The summed E-state index contributed by atoms with van der Waals surface area (Å²) >= 11 is 0. The summed E-state index contributed by atoms with van der Waals surface area (Å²) in [5.74, 6) is 0.0990. The highest BCUT2D eigenvalue weighted by Crippen LogP contribution is 2.07. The second-order valence-electron chi connectivity index (χ2n) is 5.29. The number of nitriles is 1. The third-order valence-corrected chi connectivity index (χ3v) is 3.34. The third kappa shape index (κ3) is 4.76. The van der Waals surface area contributed by atoms with Gasteiger partial charge in [0.15, 0.2) is 5.78 Å². The van der Waals surface area contributed by atoms with Crippen molar-refractivity contribution in [3.05, 3.63) is 35.4 Å². The molecule has 4 heteroatoms. The van der Waals surface area contributed by atoms with Gasteiger partial charge in [-0.3, -0.25) is 9.69 Å². The molecule has 0 saturated carbocycles.